The Morgan fingerprint density at radius 3 is 2.61 bits per heavy atom. The first kappa shape index (κ1) is 28.1. The molecule has 0 aliphatic rings. The fourth-order valence-electron chi connectivity index (χ4n) is 3.46. The SMILES string of the molecule is CSCCCNc1nccc(-c2sc(C(C)C)nc2-c2ccc(F)c(NS(=O)c3cc(F)ccc3F)c2)n1. The number of hydrogen-bond donors (Lipinski definition) is 2. The zero-order valence-electron chi connectivity index (χ0n) is 20.9. The lowest BCUT2D eigenvalue weighted by Crippen LogP contribution is -2.08. The summed E-state index contributed by atoms with van der Waals surface area (Å²) in [5, 5.41) is 4.11. The van der Waals surface area contributed by atoms with E-state index >= 15 is 0 Å². The molecule has 1 atom stereocenters. The summed E-state index contributed by atoms with van der Waals surface area (Å²) in [5.74, 6) is -0.636. The average molecular weight is 578 g/mol. The minimum atomic E-state index is -2.24. The quantitative estimate of drug-likeness (QED) is 0.185. The number of benzene rings is 2. The van der Waals surface area contributed by atoms with E-state index in [1.165, 1.54) is 23.5 Å². The molecule has 0 aliphatic carbocycles. The number of thiazole rings is 1. The highest BCUT2D eigenvalue weighted by Gasteiger charge is 2.20. The first-order valence-corrected chi connectivity index (χ1v) is 15.1. The van der Waals surface area contributed by atoms with E-state index in [4.69, 9.17) is 4.98 Å². The second-order valence-corrected chi connectivity index (χ2v) is 11.8. The number of thioether (sulfide) groups is 1. The third-order valence-electron chi connectivity index (χ3n) is 5.37. The van der Waals surface area contributed by atoms with Crippen LogP contribution < -0.4 is 10.0 Å². The second kappa shape index (κ2) is 12.7. The van der Waals surface area contributed by atoms with Crippen LogP contribution in [0.4, 0.5) is 24.8 Å². The van der Waals surface area contributed by atoms with Crippen LogP contribution in [0.1, 0.15) is 31.2 Å². The summed E-state index contributed by atoms with van der Waals surface area (Å²) in [6.45, 7) is 4.80. The molecule has 0 aliphatic heterocycles. The Balaban J connectivity index is 1.68. The molecule has 200 valence electrons. The van der Waals surface area contributed by atoms with Gasteiger partial charge in [0.15, 0.2) is 11.0 Å². The van der Waals surface area contributed by atoms with Crippen LogP contribution >= 0.6 is 23.1 Å². The third-order valence-corrected chi connectivity index (χ3v) is 8.56. The van der Waals surface area contributed by atoms with E-state index in [-0.39, 0.29) is 11.6 Å². The average Bonchev–Trinajstić information content (AvgIpc) is 3.35. The van der Waals surface area contributed by atoms with Crippen LogP contribution in [0.5, 0.6) is 0 Å². The van der Waals surface area contributed by atoms with Crippen molar-refractivity contribution >= 4 is 45.7 Å². The number of anilines is 2. The lowest BCUT2D eigenvalue weighted by Gasteiger charge is -2.10. The van der Waals surface area contributed by atoms with Crippen molar-refractivity contribution in [1.29, 1.82) is 0 Å². The Labute approximate surface area is 230 Å². The molecule has 0 amide bonds. The zero-order valence-corrected chi connectivity index (χ0v) is 23.4. The van der Waals surface area contributed by atoms with Crippen molar-refractivity contribution in [2.45, 2.75) is 31.1 Å². The maximum absolute atomic E-state index is 14.7. The van der Waals surface area contributed by atoms with Gasteiger partial charge >= 0.3 is 0 Å². The maximum atomic E-state index is 14.7. The van der Waals surface area contributed by atoms with Crippen LogP contribution in [0.15, 0.2) is 53.6 Å². The Bertz CT molecular complexity index is 1450. The van der Waals surface area contributed by atoms with Gasteiger partial charge < -0.3 is 5.32 Å². The van der Waals surface area contributed by atoms with Crippen molar-refractivity contribution in [2.75, 3.05) is 28.6 Å². The first-order chi connectivity index (χ1) is 18.3. The van der Waals surface area contributed by atoms with Crippen molar-refractivity contribution in [1.82, 2.24) is 15.0 Å². The van der Waals surface area contributed by atoms with Crippen molar-refractivity contribution in [2.24, 2.45) is 0 Å². The summed E-state index contributed by atoms with van der Waals surface area (Å²) in [5.41, 5.74) is 1.66. The van der Waals surface area contributed by atoms with Gasteiger partial charge in [-0.3, -0.25) is 4.72 Å². The summed E-state index contributed by atoms with van der Waals surface area (Å²) in [6.07, 6.45) is 4.71. The van der Waals surface area contributed by atoms with Gasteiger partial charge in [-0.2, -0.15) is 11.8 Å². The molecule has 38 heavy (non-hydrogen) atoms. The Morgan fingerprint density at radius 2 is 1.84 bits per heavy atom. The molecule has 2 N–H and O–H groups in total. The topological polar surface area (TPSA) is 79.8 Å². The monoisotopic (exact) mass is 577 g/mol. The number of nitrogens with zero attached hydrogens (tertiary/aromatic N) is 3. The van der Waals surface area contributed by atoms with Crippen LogP contribution in [0.2, 0.25) is 0 Å². The number of aromatic nitrogens is 3. The number of rotatable bonds is 11. The van der Waals surface area contributed by atoms with Crippen LogP contribution in [-0.4, -0.2) is 37.7 Å². The van der Waals surface area contributed by atoms with Crippen molar-refractivity contribution in [3.63, 3.8) is 0 Å². The third kappa shape index (κ3) is 6.72. The van der Waals surface area contributed by atoms with Gasteiger partial charge in [0, 0.05) is 24.2 Å². The Morgan fingerprint density at radius 1 is 1.05 bits per heavy atom. The summed E-state index contributed by atoms with van der Waals surface area (Å²) in [7, 11) is -2.24. The van der Waals surface area contributed by atoms with Crippen LogP contribution in [0.25, 0.3) is 21.8 Å². The molecule has 0 spiro atoms. The molecule has 0 fully saturated rings. The molecule has 2 heterocycles. The maximum Gasteiger partial charge on any atom is 0.223 e. The summed E-state index contributed by atoms with van der Waals surface area (Å²) < 4.78 is 57.6. The van der Waals surface area contributed by atoms with Crippen LogP contribution in [0, 0.1) is 17.5 Å². The minimum absolute atomic E-state index is 0.131. The van der Waals surface area contributed by atoms with Crippen molar-refractivity contribution in [3.8, 4) is 21.8 Å². The van der Waals surface area contributed by atoms with E-state index in [0.29, 0.717) is 22.9 Å². The van der Waals surface area contributed by atoms with E-state index in [1.54, 1.807) is 30.1 Å². The fourth-order valence-corrected chi connectivity index (χ4v) is 5.89. The van der Waals surface area contributed by atoms with E-state index in [2.05, 4.69) is 26.3 Å². The molecule has 4 aromatic rings. The molecular formula is C26H26F3N5OS3. The Hall–Kier alpha value is -2.96. The van der Waals surface area contributed by atoms with Gasteiger partial charge in [-0.1, -0.05) is 13.8 Å². The molecule has 4 rings (SSSR count). The van der Waals surface area contributed by atoms with E-state index in [1.807, 2.05) is 13.8 Å². The van der Waals surface area contributed by atoms with Crippen molar-refractivity contribution < 1.29 is 17.4 Å². The molecule has 0 bridgehead atoms. The smallest absolute Gasteiger partial charge is 0.223 e. The van der Waals surface area contributed by atoms with Gasteiger partial charge in [0.1, 0.15) is 17.5 Å². The minimum Gasteiger partial charge on any atom is -0.354 e. The summed E-state index contributed by atoms with van der Waals surface area (Å²) in [6, 6.07) is 8.64. The molecule has 2 aromatic heterocycles. The van der Waals surface area contributed by atoms with E-state index < -0.39 is 33.3 Å². The van der Waals surface area contributed by atoms with Gasteiger partial charge in [-0.05, 0) is 60.9 Å². The molecule has 2 aromatic carbocycles. The highest BCUT2D eigenvalue weighted by atomic mass is 32.2. The van der Waals surface area contributed by atoms with Gasteiger partial charge in [0.25, 0.3) is 0 Å². The lowest BCUT2D eigenvalue weighted by atomic mass is 10.1. The predicted molar refractivity (Wildman–Crippen MR) is 151 cm³/mol. The second-order valence-electron chi connectivity index (χ2n) is 8.56. The normalized spacial score (nSPS) is 12.1. The largest absolute Gasteiger partial charge is 0.354 e. The highest BCUT2D eigenvalue weighted by molar-refractivity contribution is 7.98. The number of hydrogen-bond acceptors (Lipinski definition) is 7. The van der Waals surface area contributed by atoms with E-state index in [0.717, 1.165) is 46.8 Å². The molecule has 0 saturated heterocycles. The number of halogens is 3. The zero-order chi connectivity index (χ0) is 27.2. The predicted octanol–water partition coefficient (Wildman–Crippen LogP) is 7.11. The highest BCUT2D eigenvalue weighted by Crippen LogP contribution is 2.39. The van der Waals surface area contributed by atoms with Gasteiger partial charge in [0.05, 0.1) is 31.9 Å². The number of nitrogens with one attached hydrogen (secondary N) is 2. The van der Waals surface area contributed by atoms with Crippen LogP contribution in [-0.2, 0) is 11.0 Å². The molecular weight excluding hydrogens is 552 g/mol. The lowest BCUT2D eigenvalue weighted by molar-refractivity contribution is 0.572. The first-order valence-electron chi connectivity index (χ1n) is 11.8. The molecule has 0 radical (unpaired) electrons. The summed E-state index contributed by atoms with van der Waals surface area (Å²) in [4.78, 5) is 14.2. The fraction of sp³-hybridized carbons (Fsp3) is 0.269. The van der Waals surface area contributed by atoms with E-state index in [9.17, 15) is 17.4 Å². The van der Waals surface area contributed by atoms with Gasteiger partial charge in [-0.15, -0.1) is 11.3 Å². The Kier molecular flexibility index (Phi) is 9.40. The molecule has 1 unspecified atom stereocenters. The van der Waals surface area contributed by atoms with Crippen LogP contribution in [0.3, 0.4) is 0 Å². The summed E-state index contributed by atoms with van der Waals surface area (Å²) >= 11 is 3.26. The molecule has 0 saturated carbocycles. The van der Waals surface area contributed by atoms with Crippen molar-refractivity contribution in [3.05, 3.63) is 71.1 Å². The standard InChI is InChI=1S/C26H26F3N5OS3/c1-15(2)25-33-23(24(37-25)20-9-11-31-26(32-20)30-10-4-12-36-3)16-5-7-18(28)21(13-16)34-38(35)22-14-17(27)6-8-19(22)29/h5-9,11,13-15,34H,4,10,12H2,1-3H3,(H,30,31,32). The molecule has 6 nitrogen and oxygen atoms in total. The van der Waals surface area contributed by atoms with Gasteiger partial charge in [-0.25, -0.2) is 32.3 Å². The molecule has 12 heteroatoms. The van der Waals surface area contributed by atoms with Gasteiger partial charge in [0.2, 0.25) is 5.95 Å².